The van der Waals surface area contributed by atoms with Gasteiger partial charge in [-0.25, -0.2) is 4.79 Å². The molecule has 2 rings (SSSR count). The molecule has 1 aromatic carbocycles. The number of urea groups is 1. The molecule has 1 heterocycles. The molecule has 0 saturated heterocycles. The lowest BCUT2D eigenvalue weighted by Crippen LogP contribution is -2.34. The number of thiophene rings is 1. The molecule has 0 aliphatic rings. The molecule has 1 aromatic heterocycles. The molecule has 0 fully saturated rings. The van der Waals surface area contributed by atoms with Crippen LogP contribution in [0.5, 0.6) is 5.75 Å². The fourth-order valence-corrected chi connectivity index (χ4v) is 2.23. The van der Waals surface area contributed by atoms with Crippen molar-refractivity contribution in [3.8, 4) is 17.6 Å². The minimum absolute atomic E-state index is 0.215. The van der Waals surface area contributed by atoms with Gasteiger partial charge >= 0.3 is 6.03 Å². The van der Waals surface area contributed by atoms with Crippen LogP contribution in [-0.4, -0.2) is 19.7 Å². The van der Waals surface area contributed by atoms with Crippen LogP contribution in [0.25, 0.3) is 0 Å². The number of amides is 2. The monoisotopic (exact) mass is 300 g/mol. The molecular formula is C16H16N2O2S. The van der Waals surface area contributed by atoms with Crippen LogP contribution in [0.15, 0.2) is 41.8 Å². The molecule has 108 valence electrons. The van der Waals surface area contributed by atoms with Gasteiger partial charge in [0.1, 0.15) is 5.75 Å². The van der Waals surface area contributed by atoms with Gasteiger partial charge in [-0.2, -0.15) is 0 Å². The number of hydrogen-bond donors (Lipinski definition) is 2. The maximum atomic E-state index is 11.5. The van der Waals surface area contributed by atoms with Gasteiger partial charge in [0.15, 0.2) is 0 Å². The minimum atomic E-state index is -0.215. The molecule has 21 heavy (non-hydrogen) atoms. The summed E-state index contributed by atoms with van der Waals surface area (Å²) in [5.41, 5.74) is 0.886. The van der Waals surface area contributed by atoms with Crippen molar-refractivity contribution in [2.75, 3.05) is 13.7 Å². The van der Waals surface area contributed by atoms with Crippen molar-refractivity contribution in [1.29, 1.82) is 0 Å². The summed E-state index contributed by atoms with van der Waals surface area (Å²) in [6.07, 6.45) is 0. The predicted octanol–water partition coefficient (Wildman–Crippen LogP) is 2.61. The molecular weight excluding hydrogens is 284 g/mol. The fourth-order valence-electron chi connectivity index (χ4n) is 1.59. The van der Waals surface area contributed by atoms with E-state index in [1.165, 1.54) is 0 Å². The van der Waals surface area contributed by atoms with E-state index in [4.69, 9.17) is 4.74 Å². The molecule has 2 amide bonds. The average Bonchev–Trinajstić information content (AvgIpc) is 3.03. The van der Waals surface area contributed by atoms with Gasteiger partial charge < -0.3 is 15.4 Å². The van der Waals surface area contributed by atoms with Gasteiger partial charge in [0.25, 0.3) is 0 Å². The number of rotatable bonds is 4. The smallest absolute Gasteiger partial charge is 0.315 e. The van der Waals surface area contributed by atoms with Gasteiger partial charge in [-0.3, -0.25) is 0 Å². The second-order valence-corrected chi connectivity index (χ2v) is 5.18. The Balaban J connectivity index is 1.71. The molecule has 5 heteroatoms. The maximum absolute atomic E-state index is 11.5. The molecule has 4 nitrogen and oxygen atoms in total. The molecule has 0 saturated carbocycles. The Kier molecular flexibility index (Phi) is 5.68. The van der Waals surface area contributed by atoms with Crippen molar-refractivity contribution in [2.45, 2.75) is 6.54 Å². The van der Waals surface area contributed by atoms with E-state index in [0.29, 0.717) is 13.1 Å². The Hall–Kier alpha value is -2.45. The van der Waals surface area contributed by atoms with Crippen molar-refractivity contribution in [3.05, 3.63) is 52.2 Å². The molecule has 0 radical (unpaired) electrons. The number of methoxy groups -OCH3 is 1. The van der Waals surface area contributed by atoms with Crippen LogP contribution in [0.3, 0.4) is 0 Å². The molecule has 0 unspecified atom stereocenters. The van der Waals surface area contributed by atoms with E-state index in [0.717, 1.165) is 16.2 Å². The lowest BCUT2D eigenvalue weighted by molar-refractivity contribution is 0.242. The summed E-state index contributed by atoms with van der Waals surface area (Å²) in [6, 6.07) is 11.2. The van der Waals surface area contributed by atoms with E-state index in [2.05, 4.69) is 22.5 Å². The lowest BCUT2D eigenvalue weighted by Gasteiger charge is -2.03. The van der Waals surface area contributed by atoms with Crippen LogP contribution in [0.1, 0.15) is 10.4 Å². The largest absolute Gasteiger partial charge is 0.497 e. The van der Waals surface area contributed by atoms with E-state index in [1.54, 1.807) is 18.4 Å². The Morgan fingerprint density at radius 1 is 1.24 bits per heavy atom. The van der Waals surface area contributed by atoms with E-state index in [-0.39, 0.29) is 6.03 Å². The van der Waals surface area contributed by atoms with Gasteiger partial charge in [-0.15, -0.1) is 11.3 Å². The first-order valence-electron chi connectivity index (χ1n) is 6.45. The fraction of sp³-hybridized carbons (Fsp3) is 0.188. The van der Waals surface area contributed by atoms with Crippen LogP contribution >= 0.6 is 11.3 Å². The third-order valence-corrected chi connectivity index (χ3v) is 3.54. The summed E-state index contributed by atoms with van der Waals surface area (Å²) in [5, 5.41) is 7.45. The van der Waals surface area contributed by atoms with Gasteiger partial charge in [0, 0.05) is 10.4 Å². The number of nitrogens with one attached hydrogen (secondary N) is 2. The highest BCUT2D eigenvalue weighted by Crippen LogP contribution is 2.10. The van der Waals surface area contributed by atoms with Gasteiger partial charge in [-0.05, 0) is 35.7 Å². The third-order valence-electron chi connectivity index (χ3n) is 2.66. The zero-order chi connectivity index (χ0) is 14.9. The first-order valence-corrected chi connectivity index (χ1v) is 7.33. The second-order valence-electron chi connectivity index (χ2n) is 4.15. The van der Waals surface area contributed by atoms with Crippen molar-refractivity contribution in [3.63, 3.8) is 0 Å². The number of carbonyl (C=O) groups excluding carboxylic acids is 1. The van der Waals surface area contributed by atoms with Gasteiger partial charge in [0.05, 0.1) is 20.2 Å². The number of hydrogen-bond acceptors (Lipinski definition) is 3. The number of carbonyl (C=O) groups is 1. The Bertz CT molecular complexity index is 625. The Morgan fingerprint density at radius 2 is 2.05 bits per heavy atom. The van der Waals surface area contributed by atoms with Crippen molar-refractivity contribution in [1.82, 2.24) is 10.6 Å². The van der Waals surface area contributed by atoms with E-state index in [1.807, 2.05) is 41.8 Å². The van der Waals surface area contributed by atoms with Crippen LogP contribution in [-0.2, 0) is 6.54 Å². The summed E-state index contributed by atoms with van der Waals surface area (Å²) >= 11 is 1.61. The van der Waals surface area contributed by atoms with Crippen molar-refractivity contribution in [2.24, 2.45) is 0 Å². The first kappa shape index (κ1) is 14.9. The Morgan fingerprint density at radius 3 is 2.71 bits per heavy atom. The van der Waals surface area contributed by atoms with E-state index >= 15 is 0 Å². The average molecular weight is 300 g/mol. The molecule has 2 aromatic rings. The molecule has 0 atom stereocenters. The highest BCUT2D eigenvalue weighted by atomic mass is 32.1. The quantitative estimate of drug-likeness (QED) is 0.853. The molecule has 0 spiro atoms. The van der Waals surface area contributed by atoms with E-state index < -0.39 is 0 Å². The normalized spacial score (nSPS) is 9.38. The Labute approximate surface area is 128 Å². The minimum Gasteiger partial charge on any atom is -0.497 e. The SMILES string of the molecule is COc1ccc(C#CCNC(=O)NCc2cccs2)cc1. The summed E-state index contributed by atoms with van der Waals surface area (Å²) in [4.78, 5) is 12.7. The van der Waals surface area contributed by atoms with Gasteiger partial charge in [0.2, 0.25) is 0 Å². The summed E-state index contributed by atoms with van der Waals surface area (Å²) < 4.78 is 5.07. The number of ether oxygens (including phenoxy) is 1. The summed E-state index contributed by atoms with van der Waals surface area (Å²) in [6.45, 7) is 0.845. The molecule has 2 N–H and O–H groups in total. The molecule has 0 aliphatic carbocycles. The summed E-state index contributed by atoms with van der Waals surface area (Å²) in [7, 11) is 1.62. The van der Waals surface area contributed by atoms with Crippen LogP contribution in [0, 0.1) is 11.8 Å². The van der Waals surface area contributed by atoms with E-state index in [9.17, 15) is 4.79 Å². The highest BCUT2D eigenvalue weighted by Gasteiger charge is 1.98. The second kappa shape index (κ2) is 7.98. The van der Waals surface area contributed by atoms with Crippen LogP contribution in [0.4, 0.5) is 4.79 Å². The highest BCUT2D eigenvalue weighted by molar-refractivity contribution is 7.09. The molecule has 0 bridgehead atoms. The molecule has 0 aliphatic heterocycles. The number of benzene rings is 1. The lowest BCUT2D eigenvalue weighted by atomic mass is 10.2. The standard InChI is InChI=1S/C16H16N2O2S/c1-20-14-8-6-13(7-9-14)4-2-10-17-16(19)18-12-15-5-3-11-21-15/h3,5-9,11H,10,12H2,1H3,(H2,17,18,19). The van der Waals surface area contributed by atoms with Gasteiger partial charge in [-0.1, -0.05) is 17.9 Å². The topological polar surface area (TPSA) is 50.4 Å². The van der Waals surface area contributed by atoms with Crippen molar-refractivity contribution >= 4 is 17.4 Å². The maximum Gasteiger partial charge on any atom is 0.315 e. The predicted molar refractivity (Wildman–Crippen MR) is 84.4 cm³/mol. The zero-order valence-electron chi connectivity index (χ0n) is 11.7. The van der Waals surface area contributed by atoms with Crippen LogP contribution in [0.2, 0.25) is 0 Å². The third kappa shape index (κ3) is 5.21. The van der Waals surface area contributed by atoms with Crippen LogP contribution < -0.4 is 15.4 Å². The summed E-state index contributed by atoms with van der Waals surface area (Å²) in [5.74, 6) is 6.68. The van der Waals surface area contributed by atoms with Crippen molar-refractivity contribution < 1.29 is 9.53 Å². The zero-order valence-corrected chi connectivity index (χ0v) is 12.5. The first-order chi connectivity index (χ1) is 10.3.